The largest absolute Gasteiger partial charge is 0.387 e. The maximum atomic E-state index is 9.88. The maximum Gasteiger partial charge on any atom is 0.0915 e. The van der Waals surface area contributed by atoms with Gasteiger partial charge in [0.25, 0.3) is 0 Å². The Balaban J connectivity index is 3.12. The minimum absolute atomic E-state index is 0.124. The van der Waals surface area contributed by atoms with Gasteiger partial charge in [0.15, 0.2) is 0 Å². The molecule has 0 fully saturated rings. The lowest BCUT2D eigenvalue weighted by Crippen LogP contribution is -2.27. The highest BCUT2D eigenvalue weighted by atomic mass is 16.5. The van der Waals surface area contributed by atoms with Crippen LogP contribution in [0.15, 0.2) is 24.3 Å². The van der Waals surface area contributed by atoms with E-state index in [0.717, 1.165) is 11.1 Å². The van der Waals surface area contributed by atoms with Crippen LogP contribution in [0.3, 0.4) is 0 Å². The summed E-state index contributed by atoms with van der Waals surface area (Å²) < 4.78 is 5.22. The second-order valence-corrected chi connectivity index (χ2v) is 4.66. The molecule has 0 heterocycles. The molecule has 0 saturated carbocycles. The minimum atomic E-state index is -0.604. The van der Waals surface area contributed by atoms with Crippen LogP contribution in [0.2, 0.25) is 0 Å². The third-order valence-electron chi connectivity index (χ3n) is 2.78. The maximum absolute atomic E-state index is 9.88. The monoisotopic (exact) mass is 223 g/mol. The summed E-state index contributed by atoms with van der Waals surface area (Å²) in [5, 5.41) is 9.88. The highest BCUT2D eigenvalue weighted by Crippen LogP contribution is 2.29. The SMILES string of the molecule is COCC(C)(C)c1ccccc1C(O)CN. The van der Waals surface area contributed by atoms with Gasteiger partial charge in [0.1, 0.15) is 0 Å². The van der Waals surface area contributed by atoms with E-state index >= 15 is 0 Å². The van der Waals surface area contributed by atoms with E-state index < -0.39 is 6.10 Å². The van der Waals surface area contributed by atoms with Crippen LogP contribution in [-0.2, 0) is 10.2 Å². The Labute approximate surface area is 97.2 Å². The van der Waals surface area contributed by atoms with Gasteiger partial charge >= 0.3 is 0 Å². The van der Waals surface area contributed by atoms with E-state index in [9.17, 15) is 5.11 Å². The van der Waals surface area contributed by atoms with E-state index in [2.05, 4.69) is 13.8 Å². The predicted molar refractivity (Wildman–Crippen MR) is 65.4 cm³/mol. The van der Waals surface area contributed by atoms with E-state index in [4.69, 9.17) is 10.5 Å². The first kappa shape index (κ1) is 13.2. The molecule has 0 aliphatic rings. The normalized spacial score (nSPS) is 13.8. The second-order valence-electron chi connectivity index (χ2n) is 4.66. The number of aliphatic hydroxyl groups excluding tert-OH is 1. The first-order chi connectivity index (χ1) is 7.53. The number of hydrogen-bond acceptors (Lipinski definition) is 3. The molecule has 1 rings (SSSR count). The molecule has 3 heteroatoms. The van der Waals surface area contributed by atoms with Gasteiger partial charge in [-0.2, -0.15) is 0 Å². The van der Waals surface area contributed by atoms with Gasteiger partial charge in [0.2, 0.25) is 0 Å². The van der Waals surface area contributed by atoms with Gasteiger partial charge in [-0.25, -0.2) is 0 Å². The van der Waals surface area contributed by atoms with Gasteiger partial charge in [-0.05, 0) is 11.1 Å². The summed E-state index contributed by atoms with van der Waals surface area (Å²) in [5.41, 5.74) is 7.37. The Bertz CT molecular complexity index is 336. The van der Waals surface area contributed by atoms with Gasteiger partial charge < -0.3 is 15.6 Å². The molecule has 0 aromatic heterocycles. The van der Waals surface area contributed by atoms with Crippen LogP contribution < -0.4 is 5.73 Å². The molecule has 0 spiro atoms. The third kappa shape index (κ3) is 2.82. The van der Waals surface area contributed by atoms with Crippen LogP contribution in [0.4, 0.5) is 0 Å². The Morgan fingerprint density at radius 1 is 1.38 bits per heavy atom. The van der Waals surface area contributed by atoms with E-state index in [1.54, 1.807) is 7.11 Å². The van der Waals surface area contributed by atoms with Crippen LogP contribution in [0.25, 0.3) is 0 Å². The van der Waals surface area contributed by atoms with Crippen LogP contribution in [-0.4, -0.2) is 25.4 Å². The van der Waals surface area contributed by atoms with Crippen molar-refractivity contribution in [2.75, 3.05) is 20.3 Å². The summed E-state index contributed by atoms with van der Waals surface area (Å²) in [6.07, 6.45) is -0.604. The van der Waals surface area contributed by atoms with Crippen molar-refractivity contribution in [3.63, 3.8) is 0 Å². The number of aliphatic hydroxyl groups is 1. The standard InChI is InChI=1S/C13H21NO2/c1-13(2,9-16-3)11-7-5-4-6-10(11)12(15)8-14/h4-7,12,15H,8-9,14H2,1-3H3. The molecule has 0 bridgehead atoms. The van der Waals surface area contributed by atoms with Gasteiger partial charge in [-0.15, -0.1) is 0 Å². The van der Waals surface area contributed by atoms with Gasteiger partial charge in [-0.1, -0.05) is 38.1 Å². The van der Waals surface area contributed by atoms with E-state index in [1.165, 1.54) is 0 Å². The molecule has 3 nitrogen and oxygen atoms in total. The molecule has 0 saturated heterocycles. The molecule has 1 atom stereocenters. The predicted octanol–water partition coefficient (Wildman–Crippen LogP) is 1.60. The quantitative estimate of drug-likeness (QED) is 0.797. The summed E-state index contributed by atoms with van der Waals surface area (Å²) in [7, 11) is 1.68. The molecular weight excluding hydrogens is 202 g/mol. The Kier molecular flexibility index (Phi) is 4.47. The molecule has 1 aromatic rings. The average Bonchev–Trinajstić information content (AvgIpc) is 2.28. The summed E-state index contributed by atoms with van der Waals surface area (Å²) >= 11 is 0. The van der Waals surface area contributed by atoms with Crippen molar-refractivity contribution in [1.82, 2.24) is 0 Å². The molecule has 0 aliphatic heterocycles. The molecule has 1 aromatic carbocycles. The van der Waals surface area contributed by atoms with Crippen molar-refractivity contribution in [2.45, 2.75) is 25.4 Å². The molecule has 0 aliphatic carbocycles. The van der Waals surface area contributed by atoms with Crippen LogP contribution in [0.5, 0.6) is 0 Å². The number of methoxy groups -OCH3 is 1. The first-order valence-electron chi connectivity index (χ1n) is 5.49. The zero-order valence-corrected chi connectivity index (χ0v) is 10.2. The summed E-state index contributed by atoms with van der Waals surface area (Å²) in [6.45, 7) is 5.04. The fraction of sp³-hybridized carbons (Fsp3) is 0.538. The third-order valence-corrected chi connectivity index (χ3v) is 2.78. The summed E-state index contributed by atoms with van der Waals surface area (Å²) in [4.78, 5) is 0. The van der Waals surface area contributed by atoms with Gasteiger partial charge in [0.05, 0.1) is 12.7 Å². The number of rotatable bonds is 5. The van der Waals surface area contributed by atoms with Crippen LogP contribution in [0.1, 0.15) is 31.1 Å². The van der Waals surface area contributed by atoms with Crippen LogP contribution in [0, 0.1) is 0 Å². The summed E-state index contributed by atoms with van der Waals surface area (Å²) in [6, 6.07) is 7.83. The van der Waals surface area contributed by atoms with Crippen molar-refractivity contribution in [3.8, 4) is 0 Å². The van der Waals surface area contributed by atoms with Crippen molar-refractivity contribution < 1.29 is 9.84 Å². The molecule has 0 amide bonds. The van der Waals surface area contributed by atoms with E-state index in [1.807, 2.05) is 24.3 Å². The second kappa shape index (κ2) is 5.43. The zero-order chi connectivity index (χ0) is 12.2. The topological polar surface area (TPSA) is 55.5 Å². The zero-order valence-electron chi connectivity index (χ0n) is 10.2. The highest BCUT2D eigenvalue weighted by molar-refractivity contribution is 5.35. The molecule has 90 valence electrons. The van der Waals surface area contributed by atoms with Crippen LogP contribution >= 0.6 is 0 Å². The molecule has 0 radical (unpaired) electrons. The highest BCUT2D eigenvalue weighted by Gasteiger charge is 2.25. The molecular formula is C13H21NO2. The lowest BCUT2D eigenvalue weighted by molar-refractivity contribution is 0.141. The van der Waals surface area contributed by atoms with Crippen molar-refractivity contribution >= 4 is 0 Å². The number of hydrogen-bond donors (Lipinski definition) is 2. The lowest BCUT2D eigenvalue weighted by Gasteiger charge is -2.28. The number of nitrogens with two attached hydrogens (primary N) is 1. The minimum Gasteiger partial charge on any atom is -0.387 e. The fourth-order valence-electron chi connectivity index (χ4n) is 1.97. The summed E-state index contributed by atoms with van der Waals surface area (Å²) in [5.74, 6) is 0. The smallest absolute Gasteiger partial charge is 0.0915 e. The molecule has 3 N–H and O–H groups in total. The first-order valence-corrected chi connectivity index (χ1v) is 5.49. The number of ether oxygens (including phenoxy) is 1. The Morgan fingerprint density at radius 3 is 2.56 bits per heavy atom. The fourth-order valence-corrected chi connectivity index (χ4v) is 1.97. The lowest BCUT2D eigenvalue weighted by atomic mass is 9.81. The van der Waals surface area contributed by atoms with Crippen molar-refractivity contribution in [3.05, 3.63) is 35.4 Å². The van der Waals surface area contributed by atoms with Gasteiger partial charge in [0, 0.05) is 19.1 Å². The van der Waals surface area contributed by atoms with E-state index in [0.29, 0.717) is 6.61 Å². The Hall–Kier alpha value is -0.900. The van der Waals surface area contributed by atoms with E-state index in [-0.39, 0.29) is 12.0 Å². The average molecular weight is 223 g/mol. The molecule has 16 heavy (non-hydrogen) atoms. The van der Waals surface area contributed by atoms with Crippen molar-refractivity contribution in [2.24, 2.45) is 5.73 Å². The molecule has 1 unspecified atom stereocenters. The Morgan fingerprint density at radius 2 is 2.00 bits per heavy atom. The number of benzene rings is 1. The van der Waals surface area contributed by atoms with Gasteiger partial charge in [-0.3, -0.25) is 0 Å². The van der Waals surface area contributed by atoms with Crippen molar-refractivity contribution in [1.29, 1.82) is 0 Å².